The number of nitrogens with one attached hydrogen (secondary N) is 2. The summed E-state index contributed by atoms with van der Waals surface area (Å²) >= 11 is 0. The number of benzene rings is 2. The Morgan fingerprint density at radius 2 is 1.82 bits per heavy atom. The van der Waals surface area contributed by atoms with E-state index in [2.05, 4.69) is 23.3 Å². The molecule has 39 heavy (non-hydrogen) atoms. The Morgan fingerprint density at radius 1 is 1.15 bits per heavy atom. The second-order valence-corrected chi connectivity index (χ2v) is 9.54. The summed E-state index contributed by atoms with van der Waals surface area (Å²) in [5, 5.41) is 5.22. The molecule has 0 fully saturated rings. The fourth-order valence-corrected chi connectivity index (χ4v) is 3.59. The lowest BCUT2D eigenvalue weighted by Gasteiger charge is -2.30. The van der Waals surface area contributed by atoms with Crippen LogP contribution in [0.25, 0.3) is 6.08 Å². The van der Waals surface area contributed by atoms with E-state index in [1.165, 1.54) is 7.11 Å². The molecule has 2 aromatic carbocycles. The normalized spacial score (nSPS) is 12.2. The zero-order valence-electron chi connectivity index (χ0n) is 22.5. The number of carbonyl (C=O) groups is 4. The van der Waals surface area contributed by atoms with Crippen molar-refractivity contribution < 1.29 is 28.7 Å². The summed E-state index contributed by atoms with van der Waals surface area (Å²) in [7, 11) is 1.52. The zero-order valence-corrected chi connectivity index (χ0v) is 22.5. The van der Waals surface area contributed by atoms with Gasteiger partial charge in [-0.3, -0.25) is 19.3 Å². The Hall–Kier alpha value is -4.78. The highest BCUT2D eigenvalue weighted by Gasteiger charge is 2.36. The molecule has 0 spiro atoms. The number of nitrogens with zero attached hydrogens (tertiary/aromatic N) is 1. The molecule has 0 aliphatic rings. The number of hydrogen-bond acceptors (Lipinski definition) is 6. The van der Waals surface area contributed by atoms with Crippen molar-refractivity contribution in [3.63, 3.8) is 0 Å². The number of nitrogens with two attached hydrogens (primary N) is 1. The topological polar surface area (TPSA) is 140 Å². The molecule has 2 unspecified atom stereocenters. The summed E-state index contributed by atoms with van der Waals surface area (Å²) in [6.45, 7) is 8.73. The van der Waals surface area contributed by atoms with Gasteiger partial charge in [-0.1, -0.05) is 37.3 Å². The smallest absolute Gasteiger partial charge is 0.408 e. The maximum atomic E-state index is 13.7. The molecular formula is C29H34N4O6. The number of terminal acetylenes is 1. The summed E-state index contributed by atoms with van der Waals surface area (Å²) in [6, 6.07) is 13.1. The number of hydrogen-bond donors (Lipinski definition) is 3. The average Bonchev–Trinajstić information content (AvgIpc) is 2.88. The van der Waals surface area contributed by atoms with Crippen LogP contribution in [0, 0.1) is 12.5 Å². The molecule has 0 saturated carbocycles. The molecule has 0 saturated heterocycles. The van der Waals surface area contributed by atoms with Gasteiger partial charge in [0.2, 0.25) is 5.91 Å². The Kier molecular flexibility index (Phi) is 10.7. The van der Waals surface area contributed by atoms with Crippen molar-refractivity contribution in [3.05, 3.63) is 66.2 Å². The van der Waals surface area contributed by atoms with Crippen LogP contribution in [0.2, 0.25) is 0 Å². The lowest BCUT2D eigenvalue weighted by Crippen LogP contribution is -2.51. The van der Waals surface area contributed by atoms with Gasteiger partial charge in [-0.2, -0.15) is 0 Å². The van der Waals surface area contributed by atoms with Gasteiger partial charge in [-0.25, -0.2) is 4.79 Å². The van der Waals surface area contributed by atoms with Crippen LogP contribution in [0.5, 0.6) is 5.75 Å². The average molecular weight is 535 g/mol. The minimum Gasteiger partial charge on any atom is -0.497 e. The molecule has 0 aromatic heterocycles. The SMILES string of the molecule is C#CN(C(=O)C(CCC(N)=O)NC(=O)OC(C)(C)C)C(C(=O)Nc1ccc(OC)cc1)c1cccc(C=C)c1. The molecule has 4 amide bonds. The van der Waals surface area contributed by atoms with Crippen molar-refractivity contribution in [2.24, 2.45) is 5.73 Å². The molecule has 0 radical (unpaired) electrons. The van der Waals surface area contributed by atoms with Crippen molar-refractivity contribution in [3.8, 4) is 18.2 Å². The maximum absolute atomic E-state index is 13.7. The van der Waals surface area contributed by atoms with Crippen molar-refractivity contribution in [2.45, 2.75) is 51.3 Å². The maximum Gasteiger partial charge on any atom is 0.408 e. The third kappa shape index (κ3) is 9.23. The number of rotatable bonds is 11. The third-order valence-electron chi connectivity index (χ3n) is 5.37. The molecule has 206 valence electrons. The van der Waals surface area contributed by atoms with Gasteiger partial charge in [0.25, 0.3) is 11.8 Å². The quantitative estimate of drug-likeness (QED) is 0.297. The monoisotopic (exact) mass is 534 g/mol. The van der Waals surface area contributed by atoms with Crippen molar-refractivity contribution in [1.29, 1.82) is 0 Å². The largest absolute Gasteiger partial charge is 0.497 e. The van der Waals surface area contributed by atoms with Crippen LogP contribution in [-0.4, -0.2) is 47.5 Å². The standard InChI is InChI=1S/C29H34N4O6/c1-7-19-10-9-11-20(18-19)25(26(35)31-21-12-14-22(38-6)15-13-21)33(8-2)27(36)23(16-17-24(30)34)32-28(37)39-29(3,4)5/h2,7,9-15,18,23,25H,1,16-17H2,3-6H3,(H2,30,34)(H,31,35)(H,32,37). The highest BCUT2D eigenvalue weighted by molar-refractivity contribution is 5.99. The first-order valence-electron chi connectivity index (χ1n) is 12.1. The van der Waals surface area contributed by atoms with Crippen LogP contribution >= 0.6 is 0 Å². The lowest BCUT2D eigenvalue weighted by atomic mass is 10.00. The number of methoxy groups -OCH3 is 1. The van der Waals surface area contributed by atoms with Gasteiger partial charge in [-0.15, -0.1) is 0 Å². The van der Waals surface area contributed by atoms with Crippen LogP contribution < -0.4 is 21.1 Å². The van der Waals surface area contributed by atoms with E-state index in [9.17, 15) is 19.2 Å². The van der Waals surface area contributed by atoms with Crippen LogP contribution in [-0.2, 0) is 19.1 Å². The molecule has 4 N–H and O–H groups in total. The van der Waals surface area contributed by atoms with E-state index < -0.39 is 41.5 Å². The summed E-state index contributed by atoms with van der Waals surface area (Å²) in [5.41, 5.74) is 5.97. The van der Waals surface area contributed by atoms with Gasteiger partial charge in [0.15, 0.2) is 0 Å². The van der Waals surface area contributed by atoms with Crippen molar-refractivity contribution in [2.75, 3.05) is 12.4 Å². The van der Waals surface area contributed by atoms with Crippen molar-refractivity contribution >= 4 is 35.6 Å². The highest BCUT2D eigenvalue weighted by atomic mass is 16.6. The summed E-state index contributed by atoms with van der Waals surface area (Å²) in [6.07, 6.45) is 6.09. The Balaban J connectivity index is 2.49. The van der Waals surface area contributed by atoms with E-state index in [-0.39, 0.29) is 12.8 Å². The van der Waals surface area contributed by atoms with E-state index >= 15 is 0 Å². The van der Waals surface area contributed by atoms with Gasteiger partial charge >= 0.3 is 6.09 Å². The van der Waals surface area contributed by atoms with Crippen LogP contribution in [0.3, 0.4) is 0 Å². The highest BCUT2D eigenvalue weighted by Crippen LogP contribution is 2.26. The van der Waals surface area contributed by atoms with Crippen molar-refractivity contribution in [1.82, 2.24) is 10.2 Å². The van der Waals surface area contributed by atoms with Gasteiger partial charge in [0.1, 0.15) is 23.4 Å². The summed E-state index contributed by atoms with van der Waals surface area (Å²) in [5.74, 6) is -1.50. The summed E-state index contributed by atoms with van der Waals surface area (Å²) < 4.78 is 10.4. The Labute approximate surface area is 228 Å². The van der Waals surface area contributed by atoms with Crippen LogP contribution in [0.1, 0.15) is 50.8 Å². The predicted molar refractivity (Wildman–Crippen MR) is 148 cm³/mol. The number of carbonyl (C=O) groups excluding carboxylic acids is 4. The fraction of sp³-hybridized carbons (Fsp3) is 0.310. The van der Waals surface area contributed by atoms with E-state index in [1.807, 2.05) is 0 Å². The first-order chi connectivity index (χ1) is 18.4. The van der Waals surface area contributed by atoms with Gasteiger partial charge < -0.3 is 25.8 Å². The number of alkyl carbamates (subject to hydrolysis) is 1. The molecule has 2 atom stereocenters. The Morgan fingerprint density at radius 3 is 2.36 bits per heavy atom. The molecule has 2 aromatic rings. The number of primary amides is 1. The third-order valence-corrected chi connectivity index (χ3v) is 5.37. The number of ether oxygens (including phenoxy) is 2. The molecule has 0 heterocycles. The van der Waals surface area contributed by atoms with E-state index in [4.69, 9.17) is 21.6 Å². The second-order valence-electron chi connectivity index (χ2n) is 9.54. The van der Waals surface area contributed by atoms with Gasteiger partial charge in [0, 0.05) is 18.2 Å². The van der Waals surface area contributed by atoms with Gasteiger partial charge in [0.05, 0.1) is 7.11 Å². The van der Waals surface area contributed by atoms with Gasteiger partial charge in [-0.05, 0) is 68.7 Å². The fourth-order valence-electron chi connectivity index (χ4n) is 3.59. The van der Waals surface area contributed by atoms with Crippen LogP contribution in [0.15, 0.2) is 55.1 Å². The van der Waals surface area contributed by atoms with Crippen LogP contribution in [0.4, 0.5) is 10.5 Å². The summed E-state index contributed by atoms with van der Waals surface area (Å²) in [4.78, 5) is 52.2. The van der Waals surface area contributed by atoms with E-state index in [1.54, 1.807) is 75.4 Å². The minimum absolute atomic E-state index is 0.162. The van der Waals surface area contributed by atoms with E-state index in [0.29, 0.717) is 22.6 Å². The molecule has 0 aliphatic carbocycles. The van der Waals surface area contributed by atoms with E-state index in [0.717, 1.165) is 4.90 Å². The minimum atomic E-state index is -1.30. The predicted octanol–water partition coefficient (Wildman–Crippen LogP) is 3.60. The molecule has 2 rings (SSSR count). The second kappa shape index (κ2) is 13.7. The number of amides is 4. The molecule has 0 bridgehead atoms. The first kappa shape index (κ1) is 30.4. The first-order valence-corrected chi connectivity index (χ1v) is 12.1. The molecule has 0 aliphatic heterocycles. The molecular weight excluding hydrogens is 500 g/mol. The Bertz CT molecular complexity index is 1240. The molecule has 10 heteroatoms. The number of anilines is 1. The lowest BCUT2D eigenvalue weighted by molar-refractivity contribution is -0.137. The zero-order chi connectivity index (χ0) is 29.2. The molecule has 10 nitrogen and oxygen atoms in total.